The fraction of sp³-hybridized carbons (Fsp3) is 0.167. The number of carboxylic acids is 1. The molecule has 0 aliphatic rings. The Bertz CT molecular complexity index is 580. The van der Waals surface area contributed by atoms with Gasteiger partial charge in [-0.3, -0.25) is 4.68 Å². The van der Waals surface area contributed by atoms with Crippen LogP contribution in [0.1, 0.15) is 16.1 Å². The molecule has 0 spiro atoms. The van der Waals surface area contributed by atoms with Gasteiger partial charge in [0, 0.05) is 18.3 Å². The quantitative estimate of drug-likeness (QED) is 0.923. The van der Waals surface area contributed by atoms with E-state index in [1.807, 2.05) is 0 Å². The number of aromatic nitrogens is 2. The number of carbonyl (C=O) groups is 1. The largest absolute Gasteiger partial charge is 0.486 e. The van der Waals surface area contributed by atoms with Crippen LogP contribution >= 0.6 is 11.6 Å². The van der Waals surface area contributed by atoms with E-state index >= 15 is 0 Å². The Morgan fingerprint density at radius 1 is 1.50 bits per heavy atom. The Morgan fingerprint density at radius 3 is 2.89 bits per heavy atom. The van der Waals surface area contributed by atoms with Crippen LogP contribution in [-0.4, -0.2) is 20.9 Å². The van der Waals surface area contributed by atoms with Crippen molar-refractivity contribution in [1.82, 2.24) is 9.78 Å². The van der Waals surface area contributed by atoms with Crippen molar-refractivity contribution in [3.63, 3.8) is 0 Å². The highest BCUT2D eigenvalue weighted by molar-refractivity contribution is 6.30. The van der Waals surface area contributed by atoms with Gasteiger partial charge in [-0.2, -0.15) is 5.10 Å². The lowest BCUT2D eigenvalue weighted by atomic mass is 10.2. The molecule has 2 aromatic rings. The third-order valence-corrected chi connectivity index (χ3v) is 2.55. The van der Waals surface area contributed by atoms with Crippen LogP contribution < -0.4 is 4.74 Å². The summed E-state index contributed by atoms with van der Waals surface area (Å²) in [4.78, 5) is 11.0. The van der Waals surface area contributed by atoms with E-state index in [9.17, 15) is 4.79 Å². The van der Waals surface area contributed by atoms with Gasteiger partial charge in [0.2, 0.25) is 0 Å². The number of hydrogen-bond donors (Lipinski definition) is 1. The summed E-state index contributed by atoms with van der Waals surface area (Å²) in [5.74, 6) is -0.816. The minimum absolute atomic E-state index is 0.0790. The first-order valence-corrected chi connectivity index (χ1v) is 5.58. The maximum absolute atomic E-state index is 11.0. The number of ether oxygens (including phenoxy) is 1. The van der Waals surface area contributed by atoms with Gasteiger partial charge in [-0.25, -0.2) is 4.79 Å². The van der Waals surface area contributed by atoms with Crippen molar-refractivity contribution in [3.8, 4) is 5.75 Å². The summed E-state index contributed by atoms with van der Waals surface area (Å²) in [6.07, 6.45) is 1.79. The summed E-state index contributed by atoms with van der Waals surface area (Å²) < 4.78 is 7.09. The van der Waals surface area contributed by atoms with Crippen molar-refractivity contribution >= 4 is 17.6 Å². The predicted octanol–water partition coefficient (Wildman–Crippen LogP) is 2.35. The molecule has 1 aromatic carbocycles. The minimum atomic E-state index is -1.05. The van der Waals surface area contributed by atoms with Crippen molar-refractivity contribution < 1.29 is 14.6 Å². The van der Waals surface area contributed by atoms with E-state index in [0.29, 0.717) is 10.7 Å². The van der Waals surface area contributed by atoms with Crippen LogP contribution in [0.25, 0.3) is 0 Å². The molecule has 0 bridgehead atoms. The number of halogens is 1. The SMILES string of the molecule is Cn1ccc(COc2cc(Cl)ccc2C(=O)O)n1. The second-order valence-electron chi connectivity index (χ2n) is 3.72. The van der Waals surface area contributed by atoms with Crippen LogP contribution in [0.2, 0.25) is 5.02 Å². The Hall–Kier alpha value is -2.01. The number of aromatic carboxylic acids is 1. The van der Waals surface area contributed by atoms with E-state index in [0.717, 1.165) is 0 Å². The van der Waals surface area contributed by atoms with Gasteiger partial charge >= 0.3 is 5.97 Å². The molecule has 2 rings (SSSR count). The Morgan fingerprint density at radius 2 is 2.28 bits per heavy atom. The van der Waals surface area contributed by atoms with E-state index in [4.69, 9.17) is 21.4 Å². The number of rotatable bonds is 4. The van der Waals surface area contributed by atoms with E-state index < -0.39 is 5.97 Å². The standard InChI is InChI=1S/C12H11ClN2O3/c1-15-5-4-9(14-15)7-18-11-6-8(13)2-3-10(11)12(16)17/h2-6H,7H2,1H3,(H,16,17). The molecule has 18 heavy (non-hydrogen) atoms. The first kappa shape index (κ1) is 12.4. The topological polar surface area (TPSA) is 64.3 Å². The van der Waals surface area contributed by atoms with Gasteiger partial charge in [-0.05, 0) is 24.3 Å². The summed E-state index contributed by atoms with van der Waals surface area (Å²) in [6, 6.07) is 6.20. The van der Waals surface area contributed by atoms with Crippen molar-refractivity contribution in [2.75, 3.05) is 0 Å². The monoisotopic (exact) mass is 266 g/mol. The maximum atomic E-state index is 11.0. The predicted molar refractivity (Wildman–Crippen MR) is 66.0 cm³/mol. The lowest BCUT2D eigenvalue weighted by molar-refractivity contribution is 0.0691. The summed E-state index contributed by atoms with van der Waals surface area (Å²) in [6.45, 7) is 0.196. The zero-order valence-electron chi connectivity index (χ0n) is 9.63. The van der Waals surface area contributed by atoms with Gasteiger partial charge in [0.05, 0.1) is 5.69 Å². The van der Waals surface area contributed by atoms with Gasteiger partial charge in [0.25, 0.3) is 0 Å². The number of aryl methyl sites for hydroxylation is 1. The molecule has 1 N–H and O–H groups in total. The fourth-order valence-electron chi connectivity index (χ4n) is 1.48. The maximum Gasteiger partial charge on any atom is 0.339 e. The zero-order chi connectivity index (χ0) is 13.1. The fourth-order valence-corrected chi connectivity index (χ4v) is 1.65. The molecule has 0 atom stereocenters. The van der Waals surface area contributed by atoms with Gasteiger partial charge in [0.15, 0.2) is 0 Å². The summed E-state index contributed by atoms with van der Waals surface area (Å²) >= 11 is 5.81. The van der Waals surface area contributed by atoms with Crippen LogP contribution in [0, 0.1) is 0 Å². The van der Waals surface area contributed by atoms with E-state index in [1.54, 1.807) is 24.0 Å². The Balaban J connectivity index is 2.17. The average molecular weight is 267 g/mol. The highest BCUT2D eigenvalue weighted by Gasteiger charge is 2.12. The molecule has 0 saturated heterocycles. The van der Waals surface area contributed by atoms with E-state index in [-0.39, 0.29) is 17.9 Å². The molecule has 6 heteroatoms. The molecule has 94 valence electrons. The molecule has 1 heterocycles. The first-order valence-electron chi connectivity index (χ1n) is 5.20. The molecular formula is C12H11ClN2O3. The third-order valence-electron chi connectivity index (χ3n) is 2.32. The van der Waals surface area contributed by atoms with Crippen molar-refractivity contribution in [3.05, 3.63) is 46.7 Å². The molecule has 0 aliphatic carbocycles. The van der Waals surface area contributed by atoms with Crippen molar-refractivity contribution in [2.24, 2.45) is 7.05 Å². The molecule has 0 unspecified atom stereocenters. The average Bonchev–Trinajstić information content (AvgIpc) is 2.72. The second-order valence-corrected chi connectivity index (χ2v) is 4.15. The Labute approximate surface area is 109 Å². The van der Waals surface area contributed by atoms with Gasteiger partial charge in [-0.1, -0.05) is 11.6 Å². The number of benzene rings is 1. The molecule has 0 radical (unpaired) electrons. The van der Waals surface area contributed by atoms with Gasteiger partial charge in [-0.15, -0.1) is 0 Å². The summed E-state index contributed by atoms with van der Waals surface area (Å²) in [7, 11) is 1.80. The molecule has 5 nitrogen and oxygen atoms in total. The molecule has 1 aromatic heterocycles. The van der Waals surface area contributed by atoms with E-state index in [1.165, 1.54) is 18.2 Å². The van der Waals surface area contributed by atoms with Crippen LogP contribution in [0.5, 0.6) is 5.75 Å². The van der Waals surface area contributed by atoms with E-state index in [2.05, 4.69) is 5.10 Å². The summed E-state index contributed by atoms with van der Waals surface area (Å²) in [5, 5.41) is 13.6. The second kappa shape index (κ2) is 5.10. The van der Waals surface area contributed by atoms with Crippen molar-refractivity contribution in [1.29, 1.82) is 0 Å². The molecule has 0 fully saturated rings. The molecule has 0 saturated carbocycles. The lowest BCUT2D eigenvalue weighted by Gasteiger charge is -2.08. The van der Waals surface area contributed by atoms with Crippen molar-refractivity contribution in [2.45, 2.75) is 6.61 Å². The normalized spacial score (nSPS) is 10.3. The third kappa shape index (κ3) is 2.81. The smallest absolute Gasteiger partial charge is 0.339 e. The molecule has 0 amide bonds. The minimum Gasteiger partial charge on any atom is -0.486 e. The van der Waals surface area contributed by atoms with Gasteiger partial charge in [0.1, 0.15) is 17.9 Å². The number of nitrogens with zero attached hydrogens (tertiary/aromatic N) is 2. The van der Waals surface area contributed by atoms with Crippen LogP contribution in [0.3, 0.4) is 0 Å². The summed E-state index contributed by atoms with van der Waals surface area (Å²) in [5.41, 5.74) is 0.796. The van der Waals surface area contributed by atoms with Crippen LogP contribution in [-0.2, 0) is 13.7 Å². The highest BCUT2D eigenvalue weighted by atomic mass is 35.5. The lowest BCUT2D eigenvalue weighted by Crippen LogP contribution is -2.04. The number of hydrogen-bond acceptors (Lipinski definition) is 3. The highest BCUT2D eigenvalue weighted by Crippen LogP contribution is 2.24. The zero-order valence-corrected chi connectivity index (χ0v) is 10.4. The van der Waals surface area contributed by atoms with Crippen LogP contribution in [0.15, 0.2) is 30.5 Å². The van der Waals surface area contributed by atoms with Crippen LogP contribution in [0.4, 0.5) is 0 Å². The number of carboxylic acid groups (broad SMARTS) is 1. The Kier molecular flexibility index (Phi) is 3.53. The first-order chi connectivity index (χ1) is 8.56. The molecular weight excluding hydrogens is 256 g/mol. The molecule has 0 aliphatic heterocycles. The van der Waals surface area contributed by atoms with Gasteiger partial charge < -0.3 is 9.84 Å².